The molecule has 0 spiro atoms. The highest BCUT2D eigenvalue weighted by Crippen LogP contribution is 2.31. The fraction of sp³-hybridized carbons (Fsp3) is 0.355. The Hall–Kier alpha value is -3.64. The third-order valence-electron chi connectivity index (χ3n) is 7.32. The number of carbonyl (C=O) groups is 2. The summed E-state index contributed by atoms with van der Waals surface area (Å²) in [5, 5.41) is 0. The molecule has 37 heavy (non-hydrogen) atoms. The number of amides is 2. The Kier molecular flexibility index (Phi) is 7.85. The summed E-state index contributed by atoms with van der Waals surface area (Å²) in [5.41, 5.74) is 3.34. The van der Waals surface area contributed by atoms with Gasteiger partial charge in [0.15, 0.2) is 0 Å². The zero-order valence-corrected chi connectivity index (χ0v) is 21.5. The van der Waals surface area contributed by atoms with Crippen molar-refractivity contribution < 1.29 is 14.3 Å². The van der Waals surface area contributed by atoms with E-state index in [1.54, 1.807) is 4.90 Å². The van der Waals surface area contributed by atoms with E-state index in [1.807, 2.05) is 41.3 Å². The maximum Gasteiger partial charge on any atom is 0.228 e. The van der Waals surface area contributed by atoms with Crippen molar-refractivity contribution in [2.24, 2.45) is 5.92 Å². The Morgan fingerprint density at radius 2 is 1.46 bits per heavy atom. The number of rotatable bonds is 8. The van der Waals surface area contributed by atoms with E-state index in [4.69, 9.17) is 4.74 Å². The van der Waals surface area contributed by atoms with Crippen molar-refractivity contribution in [3.05, 3.63) is 96.1 Å². The van der Waals surface area contributed by atoms with Gasteiger partial charge in [-0.2, -0.15) is 0 Å². The van der Waals surface area contributed by atoms with Crippen molar-refractivity contribution in [1.82, 2.24) is 9.80 Å². The van der Waals surface area contributed by atoms with E-state index in [2.05, 4.69) is 60.4 Å². The molecule has 1 unspecified atom stereocenters. The fourth-order valence-corrected chi connectivity index (χ4v) is 5.41. The zero-order valence-electron chi connectivity index (χ0n) is 21.5. The lowest BCUT2D eigenvalue weighted by Gasteiger charge is -2.40. The summed E-state index contributed by atoms with van der Waals surface area (Å²) in [4.78, 5) is 32.4. The lowest BCUT2D eigenvalue weighted by atomic mass is 9.96. The number of nitrogens with zero attached hydrogens (tertiary/aromatic N) is 3. The van der Waals surface area contributed by atoms with Gasteiger partial charge in [0.2, 0.25) is 11.8 Å². The first-order chi connectivity index (χ1) is 18.1. The molecule has 2 saturated heterocycles. The van der Waals surface area contributed by atoms with Crippen LogP contribution in [0.5, 0.6) is 5.75 Å². The number of benzene rings is 3. The highest BCUT2D eigenvalue weighted by Gasteiger charge is 2.38. The van der Waals surface area contributed by atoms with Gasteiger partial charge in [-0.1, -0.05) is 67.6 Å². The van der Waals surface area contributed by atoms with E-state index in [0.29, 0.717) is 26.2 Å². The molecule has 3 aromatic carbocycles. The normalized spacial score (nSPS) is 18.4. The molecule has 2 amide bonds. The standard InChI is InChI=1S/C31H35N3O3/c1-2-21-37-28-15-13-27(14-16-28)34-23-26(22-29(34)35)31(36)33-19-17-32(18-20-33)30(24-9-5-3-6-10-24)25-11-7-4-8-12-25/h3-16,26,30H,2,17-23H2,1H3. The summed E-state index contributed by atoms with van der Waals surface area (Å²) < 4.78 is 5.65. The van der Waals surface area contributed by atoms with Crippen LogP contribution in [-0.2, 0) is 9.59 Å². The van der Waals surface area contributed by atoms with Crippen LogP contribution in [0.1, 0.15) is 36.9 Å². The minimum atomic E-state index is -0.297. The molecule has 2 fully saturated rings. The van der Waals surface area contributed by atoms with Gasteiger partial charge < -0.3 is 14.5 Å². The Morgan fingerprint density at radius 3 is 2.03 bits per heavy atom. The monoisotopic (exact) mass is 497 g/mol. The second kappa shape index (κ2) is 11.6. The second-order valence-electron chi connectivity index (χ2n) is 9.83. The second-order valence-corrected chi connectivity index (χ2v) is 9.83. The third-order valence-corrected chi connectivity index (χ3v) is 7.32. The van der Waals surface area contributed by atoms with Crippen LogP contribution >= 0.6 is 0 Å². The number of anilines is 1. The van der Waals surface area contributed by atoms with Crippen molar-refractivity contribution in [3.63, 3.8) is 0 Å². The highest BCUT2D eigenvalue weighted by atomic mass is 16.5. The molecule has 0 bridgehead atoms. The SMILES string of the molecule is CCCOc1ccc(N2CC(C(=O)N3CCN(C(c4ccccc4)c4ccccc4)CC3)CC2=O)cc1. The van der Waals surface area contributed by atoms with Gasteiger partial charge in [0.1, 0.15) is 5.75 Å². The Morgan fingerprint density at radius 1 is 0.865 bits per heavy atom. The van der Waals surface area contributed by atoms with Gasteiger partial charge in [0.25, 0.3) is 0 Å². The van der Waals surface area contributed by atoms with Crippen molar-refractivity contribution in [1.29, 1.82) is 0 Å². The van der Waals surface area contributed by atoms with Crippen LogP contribution in [0.2, 0.25) is 0 Å². The zero-order chi connectivity index (χ0) is 25.6. The molecule has 6 heteroatoms. The number of hydrogen-bond donors (Lipinski definition) is 0. The number of carbonyl (C=O) groups excluding carboxylic acids is 2. The molecule has 0 aromatic heterocycles. The smallest absolute Gasteiger partial charge is 0.228 e. The molecule has 1 atom stereocenters. The molecular formula is C31H35N3O3. The van der Waals surface area contributed by atoms with Crippen LogP contribution in [-0.4, -0.2) is 60.9 Å². The molecule has 0 N–H and O–H groups in total. The van der Waals surface area contributed by atoms with E-state index >= 15 is 0 Å². The molecule has 5 rings (SSSR count). The molecule has 3 aromatic rings. The van der Waals surface area contributed by atoms with E-state index < -0.39 is 0 Å². The predicted octanol–water partition coefficient (Wildman–Crippen LogP) is 4.76. The van der Waals surface area contributed by atoms with E-state index in [9.17, 15) is 9.59 Å². The predicted molar refractivity (Wildman–Crippen MR) is 146 cm³/mol. The Balaban J connectivity index is 1.21. The summed E-state index contributed by atoms with van der Waals surface area (Å²) in [5.74, 6) is 0.600. The first-order valence-electron chi connectivity index (χ1n) is 13.3. The first kappa shape index (κ1) is 25.0. The molecular weight excluding hydrogens is 462 g/mol. The highest BCUT2D eigenvalue weighted by molar-refractivity contribution is 6.00. The molecule has 0 saturated carbocycles. The molecule has 0 radical (unpaired) electrons. The van der Waals surface area contributed by atoms with Crippen LogP contribution in [0.3, 0.4) is 0 Å². The molecule has 192 valence electrons. The van der Waals surface area contributed by atoms with E-state index in [0.717, 1.165) is 30.9 Å². The number of piperazine rings is 1. The Bertz CT molecular complexity index is 1140. The summed E-state index contributed by atoms with van der Waals surface area (Å²) in [6.45, 7) is 6.10. The maximum atomic E-state index is 13.4. The third kappa shape index (κ3) is 5.70. The lowest BCUT2D eigenvalue weighted by Crippen LogP contribution is -2.51. The maximum absolute atomic E-state index is 13.4. The topological polar surface area (TPSA) is 53.1 Å². The van der Waals surface area contributed by atoms with Gasteiger partial charge in [-0.05, 0) is 41.8 Å². The van der Waals surface area contributed by atoms with Crippen molar-refractivity contribution in [3.8, 4) is 5.75 Å². The largest absolute Gasteiger partial charge is 0.494 e. The average Bonchev–Trinajstić information content (AvgIpc) is 3.35. The van der Waals surface area contributed by atoms with Crippen LogP contribution < -0.4 is 9.64 Å². The van der Waals surface area contributed by atoms with Gasteiger partial charge in [0, 0.05) is 44.8 Å². The van der Waals surface area contributed by atoms with Crippen LogP contribution in [0.4, 0.5) is 5.69 Å². The molecule has 2 aliphatic rings. The van der Waals surface area contributed by atoms with Crippen molar-refractivity contribution >= 4 is 17.5 Å². The fourth-order valence-electron chi connectivity index (χ4n) is 5.41. The average molecular weight is 498 g/mol. The molecule has 0 aliphatic carbocycles. The molecule has 2 aliphatic heterocycles. The summed E-state index contributed by atoms with van der Waals surface area (Å²) in [6, 6.07) is 28.9. The lowest BCUT2D eigenvalue weighted by molar-refractivity contribution is -0.137. The summed E-state index contributed by atoms with van der Waals surface area (Å²) >= 11 is 0. The van der Waals surface area contributed by atoms with Crippen LogP contribution in [0, 0.1) is 5.92 Å². The van der Waals surface area contributed by atoms with Gasteiger partial charge in [-0.3, -0.25) is 14.5 Å². The van der Waals surface area contributed by atoms with Gasteiger partial charge in [0.05, 0.1) is 18.6 Å². The molecule has 2 heterocycles. The first-order valence-corrected chi connectivity index (χ1v) is 13.3. The quantitative estimate of drug-likeness (QED) is 0.450. The summed E-state index contributed by atoms with van der Waals surface area (Å²) in [6.07, 6.45) is 1.22. The van der Waals surface area contributed by atoms with E-state index in [-0.39, 0.29) is 30.2 Å². The van der Waals surface area contributed by atoms with Crippen LogP contribution in [0.15, 0.2) is 84.9 Å². The van der Waals surface area contributed by atoms with Crippen molar-refractivity contribution in [2.75, 3.05) is 44.2 Å². The Labute approximate surface area is 219 Å². The number of hydrogen-bond acceptors (Lipinski definition) is 4. The minimum Gasteiger partial charge on any atom is -0.494 e. The van der Waals surface area contributed by atoms with Crippen LogP contribution in [0.25, 0.3) is 0 Å². The molecule has 6 nitrogen and oxygen atoms in total. The van der Waals surface area contributed by atoms with Gasteiger partial charge in [-0.25, -0.2) is 0 Å². The minimum absolute atomic E-state index is 0.00688. The van der Waals surface area contributed by atoms with Crippen molar-refractivity contribution in [2.45, 2.75) is 25.8 Å². The van der Waals surface area contributed by atoms with Gasteiger partial charge in [-0.15, -0.1) is 0 Å². The van der Waals surface area contributed by atoms with E-state index in [1.165, 1.54) is 11.1 Å². The number of ether oxygens (including phenoxy) is 1. The summed E-state index contributed by atoms with van der Waals surface area (Å²) in [7, 11) is 0. The van der Waals surface area contributed by atoms with Gasteiger partial charge >= 0.3 is 0 Å².